The van der Waals surface area contributed by atoms with Gasteiger partial charge in [-0.1, -0.05) is 105 Å². The molecule has 0 bridgehead atoms. The Bertz CT molecular complexity index is 1150. The highest BCUT2D eigenvalue weighted by molar-refractivity contribution is 7.47. The molecule has 0 rings (SSSR count). The Kier molecular flexibility index (Phi) is 32.8. The van der Waals surface area contributed by atoms with Gasteiger partial charge in [-0.25, -0.2) is 9.13 Å². The Balaban J connectivity index is 4.99. The van der Waals surface area contributed by atoms with Crippen LogP contribution in [0.4, 0.5) is 0 Å². The van der Waals surface area contributed by atoms with E-state index in [1.165, 1.54) is 19.3 Å². The van der Waals surface area contributed by atoms with Crippen molar-refractivity contribution in [2.24, 2.45) is 0 Å². The zero-order valence-electron chi connectivity index (χ0n) is 34.1. The van der Waals surface area contributed by atoms with E-state index in [4.69, 9.17) is 37.0 Å². The normalized spacial score (nSPS) is 15.2. The quantitative estimate of drug-likeness (QED) is 0.0237. The van der Waals surface area contributed by atoms with E-state index < -0.39 is 97.5 Å². The summed E-state index contributed by atoms with van der Waals surface area (Å²) in [4.78, 5) is 69.0. The molecule has 0 saturated heterocycles. The fraction of sp³-hybridized carbons (Fsp3) is 0.892. The van der Waals surface area contributed by atoms with Crippen molar-refractivity contribution in [1.29, 1.82) is 0 Å². The number of ether oxygens (including phenoxy) is 4. The van der Waals surface area contributed by atoms with Gasteiger partial charge in [0.2, 0.25) is 0 Å². The molecule has 0 fully saturated rings. The minimum atomic E-state index is -4.89. The van der Waals surface area contributed by atoms with Crippen molar-refractivity contribution >= 4 is 39.5 Å². The fourth-order valence-electron chi connectivity index (χ4n) is 4.88. The van der Waals surface area contributed by atoms with Crippen LogP contribution in [0.2, 0.25) is 0 Å². The Labute approximate surface area is 333 Å². The van der Waals surface area contributed by atoms with Crippen LogP contribution < -0.4 is 0 Å². The van der Waals surface area contributed by atoms with Crippen LogP contribution in [0.25, 0.3) is 0 Å². The van der Waals surface area contributed by atoms with Gasteiger partial charge >= 0.3 is 39.5 Å². The lowest BCUT2D eigenvalue weighted by molar-refractivity contribution is -0.161. The van der Waals surface area contributed by atoms with Gasteiger partial charge in [-0.3, -0.25) is 37.3 Å². The summed E-state index contributed by atoms with van der Waals surface area (Å²) in [7, 11) is -9.77. The fourth-order valence-corrected chi connectivity index (χ4v) is 6.46. The van der Waals surface area contributed by atoms with Gasteiger partial charge < -0.3 is 33.8 Å². The van der Waals surface area contributed by atoms with Crippen LogP contribution in [0.3, 0.4) is 0 Å². The predicted molar refractivity (Wildman–Crippen MR) is 206 cm³/mol. The number of esters is 4. The van der Waals surface area contributed by atoms with Crippen molar-refractivity contribution in [3.05, 3.63) is 0 Å². The third kappa shape index (κ3) is 33.1. The number of aliphatic hydroxyl groups is 1. The molecule has 17 nitrogen and oxygen atoms in total. The molecule has 19 heteroatoms. The Morgan fingerprint density at radius 3 is 1.18 bits per heavy atom. The molecule has 2 unspecified atom stereocenters. The Hall–Kier alpha value is -1.94. The molecule has 56 heavy (non-hydrogen) atoms. The highest BCUT2D eigenvalue weighted by Crippen LogP contribution is 2.45. The molecule has 0 aliphatic carbocycles. The first-order valence-electron chi connectivity index (χ1n) is 20.3. The van der Waals surface area contributed by atoms with Crippen LogP contribution in [0.5, 0.6) is 0 Å². The maximum absolute atomic E-state index is 12.6. The molecule has 3 N–H and O–H groups in total. The minimum absolute atomic E-state index is 0.0751. The lowest BCUT2D eigenvalue weighted by atomic mass is 10.1. The van der Waals surface area contributed by atoms with E-state index >= 15 is 0 Å². The molecular weight excluding hydrogens is 778 g/mol. The number of rotatable bonds is 38. The van der Waals surface area contributed by atoms with Gasteiger partial charge in [0.05, 0.1) is 26.4 Å². The standard InChI is InChI=1S/C37H70O17P2/c1-5-9-12-14-15-16-18-19-23-35(40)48-28-33(54-37(42)24-20-17-13-10-6-2)30-52-56(45,46)50-26-31(38)25-49-55(43,44)51-29-32(27-47-34(39)21-8-4)53-36(41)22-11-7-3/h31-33,38H,5-30H2,1-4H3,(H,43,44)(H,45,46)/t31-,32-,33-/m1/s1. The molecule has 0 aromatic rings. The van der Waals surface area contributed by atoms with Crippen LogP contribution in [0.1, 0.15) is 156 Å². The van der Waals surface area contributed by atoms with Gasteiger partial charge in [-0.05, 0) is 25.7 Å². The zero-order valence-corrected chi connectivity index (χ0v) is 35.9. The topological polar surface area (TPSA) is 237 Å². The summed E-state index contributed by atoms with van der Waals surface area (Å²) in [6.07, 6.45) is 10.9. The molecule has 0 aliphatic rings. The number of aliphatic hydroxyl groups excluding tert-OH is 1. The second kappa shape index (κ2) is 34.0. The van der Waals surface area contributed by atoms with Gasteiger partial charge in [-0.2, -0.15) is 0 Å². The molecule has 330 valence electrons. The molecule has 5 atom stereocenters. The summed E-state index contributed by atoms with van der Waals surface area (Å²) in [6.45, 7) is 3.88. The van der Waals surface area contributed by atoms with Crippen molar-refractivity contribution in [3.63, 3.8) is 0 Å². The molecule has 0 radical (unpaired) electrons. The number of hydrogen-bond donors (Lipinski definition) is 3. The molecule has 0 aliphatic heterocycles. The molecule has 0 amide bonds. The number of phosphoric acid groups is 2. The third-order valence-electron chi connectivity index (χ3n) is 8.07. The average Bonchev–Trinajstić information content (AvgIpc) is 3.15. The monoisotopic (exact) mass is 848 g/mol. The third-order valence-corrected chi connectivity index (χ3v) is 9.97. The van der Waals surface area contributed by atoms with Crippen molar-refractivity contribution < 1.29 is 80.2 Å². The second-order valence-corrected chi connectivity index (χ2v) is 16.5. The van der Waals surface area contributed by atoms with Gasteiger partial charge in [0.25, 0.3) is 0 Å². The maximum Gasteiger partial charge on any atom is 0.472 e. The van der Waals surface area contributed by atoms with E-state index in [2.05, 4.69) is 13.8 Å². The first kappa shape index (κ1) is 54.1. The van der Waals surface area contributed by atoms with Crippen molar-refractivity contribution in [2.45, 2.75) is 174 Å². The molecule has 0 spiro atoms. The minimum Gasteiger partial charge on any atom is -0.462 e. The Morgan fingerprint density at radius 1 is 0.429 bits per heavy atom. The van der Waals surface area contributed by atoms with Crippen LogP contribution in [0.15, 0.2) is 0 Å². The summed E-state index contributed by atoms with van der Waals surface area (Å²) in [6, 6.07) is 0. The molecule has 0 aromatic heterocycles. The van der Waals surface area contributed by atoms with Crippen molar-refractivity contribution in [1.82, 2.24) is 0 Å². The first-order valence-corrected chi connectivity index (χ1v) is 23.3. The van der Waals surface area contributed by atoms with E-state index in [-0.39, 0.29) is 25.7 Å². The number of carbonyl (C=O) groups excluding carboxylic acids is 4. The number of carbonyl (C=O) groups is 4. The van der Waals surface area contributed by atoms with E-state index in [9.17, 15) is 43.2 Å². The number of phosphoric ester groups is 2. The molecule has 0 saturated carbocycles. The lowest BCUT2D eigenvalue weighted by Crippen LogP contribution is -2.30. The summed E-state index contributed by atoms with van der Waals surface area (Å²) in [5.74, 6) is -2.28. The van der Waals surface area contributed by atoms with Gasteiger partial charge in [-0.15, -0.1) is 0 Å². The van der Waals surface area contributed by atoms with E-state index in [1.54, 1.807) is 6.92 Å². The van der Waals surface area contributed by atoms with Crippen LogP contribution >= 0.6 is 15.6 Å². The summed E-state index contributed by atoms with van der Waals surface area (Å²) >= 11 is 0. The summed E-state index contributed by atoms with van der Waals surface area (Å²) in [5, 5.41) is 10.2. The zero-order chi connectivity index (χ0) is 42.1. The SMILES string of the molecule is CCCCCCCCCCC(=O)OC[C@H](COP(=O)(O)OC[C@H](O)COP(=O)(O)OC[C@@H](COC(=O)CCC)OC(=O)CCCC)OC(=O)CCCCCCC. The average molecular weight is 849 g/mol. The number of hydrogen-bond acceptors (Lipinski definition) is 15. The summed E-state index contributed by atoms with van der Waals surface area (Å²) < 4.78 is 65.3. The summed E-state index contributed by atoms with van der Waals surface area (Å²) in [5.41, 5.74) is 0. The predicted octanol–water partition coefficient (Wildman–Crippen LogP) is 7.41. The van der Waals surface area contributed by atoms with Gasteiger partial charge in [0.15, 0.2) is 12.2 Å². The lowest BCUT2D eigenvalue weighted by Gasteiger charge is -2.21. The van der Waals surface area contributed by atoms with Crippen LogP contribution in [-0.2, 0) is 65.4 Å². The molecular formula is C37H70O17P2. The molecule has 0 heterocycles. The smallest absolute Gasteiger partial charge is 0.462 e. The second-order valence-electron chi connectivity index (χ2n) is 13.6. The van der Waals surface area contributed by atoms with Crippen LogP contribution in [0, 0.1) is 0 Å². The van der Waals surface area contributed by atoms with Crippen molar-refractivity contribution in [3.8, 4) is 0 Å². The van der Waals surface area contributed by atoms with Crippen LogP contribution in [-0.4, -0.2) is 96.7 Å². The largest absolute Gasteiger partial charge is 0.472 e. The Morgan fingerprint density at radius 2 is 0.768 bits per heavy atom. The van der Waals surface area contributed by atoms with E-state index in [0.29, 0.717) is 25.7 Å². The maximum atomic E-state index is 12.6. The highest BCUT2D eigenvalue weighted by Gasteiger charge is 2.30. The first-order chi connectivity index (χ1) is 26.7. The number of unbranched alkanes of at least 4 members (excludes halogenated alkanes) is 12. The van der Waals surface area contributed by atoms with E-state index in [0.717, 1.165) is 57.8 Å². The van der Waals surface area contributed by atoms with E-state index in [1.807, 2.05) is 6.92 Å². The highest BCUT2D eigenvalue weighted by atomic mass is 31.2. The van der Waals surface area contributed by atoms with Crippen molar-refractivity contribution in [2.75, 3.05) is 39.6 Å². The van der Waals surface area contributed by atoms with Gasteiger partial charge in [0.1, 0.15) is 19.3 Å². The molecule has 0 aromatic carbocycles. The van der Waals surface area contributed by atoms with Gasteiger partial charge in [0, 0.05) is 25.7 Å².